The van der Waals surface area contributed by atoms with Crippen LogP contribution in [0.25, 0.3) is 0 Å². The number of fused-ring (bicyclic) bond motifs is 2. The second kappa shape index (κ2) is 13.6. The van der Waals surface area contributed by atoms with Crippen molar-refractivity contribution in [1.29, 1.82) is 0 Å². The molecule has 0 saturated carbocycles. The summed E-state index contributed by atoms with van der Waals surface area (Å²) in [4.78, 5) is 31.3. The lowest BCUT2D eigenvalue weighted by molar-refractivity contribution is -0.131. The van der Waals surface area contributed by atoms with Gasteiger partial charge in [-0.1, -0.05) is 6.07 Å². The molecule has 2 aromatic rings. The molecule has 1 atom stereocenters. The lowest BCUT2D eigenvalue weighted by atomic mass is 9.77. The van der Waals surface area contributed by atoms with Gasteiger partial charge in [0.2, 0.25) is 5.91 Å². The number of carbonyl (C=O) groups is 2. The Balaban J connectivity index is 0.00000370. The van der Waals surface area contributed by atoms with E-state index in [1.807, 2.05) is 29.2 Å². The summed E-state index contributed by atoms with van der Waals surface area (Å²) in [6, 6.07) is 10.0. The third-order valence-electron chi connectivity index (χ3n) is 8.10. The van der Waals surface area contributed by atoms with Gasteiger partial charge in [-0.05, 0) is 72.8 Å². The zero-order valence-electron chi connectivity index (χ0n) is 23.6. The molecule has 2 amide bonds. The summed E-state index contributed by atoms with van der Waals surface area (Å²) in [6.07, 6.45) is 2.79. The third kappa shape index (κ3) is 6.82. The van der Waals surface area contributed by atoms with Gasteiger partial charge in [0.15, 0.2) is 11.5 Å². The molecule has 1 saturated heterocycles. The largest absolute Gasteiger partial charge is 0.493 e. The van der Waals surface area contributed by atoms with Crippen molar-refractivity contribution in [3.63, 3.8) is 0 Å². The fourth-order valence-corrected chi connectivity index (χ4v) is 5.75. The van der Waals surface area contributed by atoms with Gasteiger partial charge in [0.1, 0.15) is 5.75 Å². The number of amides is 2. The molecule has 218 valence electrons. The number of halogens is 1. The number of carbonyl (C=O) groups excluding carboxylic acids is 2. The second-order valence-corrected chi connectivity index (χ2v) is 10.6. The number of hydrogen-bond acceptors (Lipinski definition) is 7. The summed E-state index contributed by atoms with van der Waals surface area (Å²) in [5.41, 5.74) is 4.98. The molecule has 3 aliphatic rings. The van der Waals surface area contributed by atoms with Crippen LogP contribution in [-0.2, 0) is 28.8 Å². The molecule has 2 heterocycles. The molecule has 1 unspecified atom stereocenters. The quantitative estimate of drug-likeness (QED) is 0.478. The molecule has 5 rings (SSSR count). The number of benzene rings is 2. The Hall–Kier alpha value is -3.01. The molecule has 10 heteroatoms. The van der Waals surface area contributed by atoms with E-state index < -0.39 is 0 Å². The summed E-state index contributed by atoms with van der Waals surface area (Å²) in [7, 11) is 5.38. The summed E-state index contributed by atoms with van der Waals surface area (Å²) in [5, 5.41) is 0. The number of morpholine rings is 1. The highest BCUT2D eigenvalue weighted by molar-refractivity contribution is 5.85. The van der Waals surface area contributed by atoms with Gasteiger partial charge in [0.05, 0.1) is 27.4 Å². The average Bonchev–Trinajstić information content (AvgIpc) is 3.16. The first kappa shape index (κ1) is 30.0. The summed E-state index contributed by atoms with van der Waals surface area (Å²) in [5.74, 6) is 2.70. The third-order valence-corrected chi connectivity index (χ3v) is 8.10. The predicted octanol–water partition coefficient (Wildman–Crippen LogP) is 3.55. The molecule has 2 aromatic carbocycles. The Morgan fingerprint density at radius 3 is 2.17 bits per heavy atom. The van der Waals surface area contributed by atoms with Crippen molar-refractivity contribution >= 4 is 24.4 Å². The van der Waals surface area contributed by atoms with Crippen LogP contribution in [0.15, 0.2) is 30.3 Å². The summed E-state index contributed by atoms with van der Waals surface area (Å²) < 4.78 is 21.8. The molecule has 0 bridgehead atoms. The van der Waals surface area contributed by atoms with E-state index in [0.717, 1.165) is 56.9 Å². The maximum Gasteiger partial charge on any atom is 0.415 e. The minimum Gasteiger partial charge on any atom is -0.493 e. The maximum absolute atomic E-state index is 13.1. The van der Waals surface area contributed by atoms with Crippen LogP contribution >= 0.6 is 12.4 Å². The van der Waals surface area contributed by atoms with E-state index in [0.29, 0.717) is 44.4 Å². The smallest absolute Gasteiger partial charge is 0.415 e. The van der Waals surface area contributed by atoms with Crippen LogP contribution in [0.2, 0.25) is 0 Å². The highest BCUT2D eigenvalue weighted by atomic mass is 35.5. The Morgan fingerprint density at radius 1 is 0.925 bits per heavy atom. The Morgan fingerprint density at radius 2 is 1.57 bits per heavy atom. The molecule has 0 radical (unpaired) electrons. The van der Waals surface area contributed by atoms with Crippen molar-refractivity contribution < 1.29 is 28.5 Å². The molecule has 2 aliphatic heterocycles. The van der Waals surface area contributed by atoms with E-state index in [-0.39, 0.29) is 24.4 Å². The van der Waals surface area contributed by atoms with E-state index >= 15 is 0 Å². The zero-order chi connectivity index (χ0) is 27.4. The van der Waals surface area contributed by atoms with Gasteiger partial charge in [-0.3, -0.25) is 4.79 Å². The van der Waals surface area contributed by atoms with Crippen LogP contribution in [0, 0.1) is 0 Å². The highest BCUT2D eigenvalue weighted by Gasteiger charge is 2.29. The standard InChI is InChI=1S/C30H39N3O6.ClH/c1-31(9-8-29(34)32-10-6-21-18-27(36-2)28(37-3)19-22(21)7-11-32)20-24-16-23-17-25(4-5-26(23)24)39-30(35)33-12-14-38-15-13-33;/h4-5,17-19,24H,6-16,20H2,1-3H3;1H. The Bertz CT molecular complexity index is 1170. The molecule has 40 heavy (non-hydrogen) atoms. The van der Waals surface area contributed by atoms with Gasteiger partial charge in [-0.15, -0.1) is 12.4 Å². The number of methoxy groups -OCH3 is 2. The van der Waals surface area contributed by atoms with E-state index in [4.69, 9.17) is 18.9 Å². The lowest BCUT2D eigenvalue weighted by Crippen LogP contribution is -2.42. The first-order chi connectivity index (χ1) is 18.9. The summed E-state index contributed by atoms with van der Waals surface area (Å²) in [6.45, 7) is 5.31. The topological polar surface area (TPSA) is 80.8 Å². The average molecular weight is 574 g/mol. The molecular weight excluding hydrogens is 534 g/mol. The van der Waals surface area contributed by atoms with Gasteiger partial charge in [-0.25, -0.2) is 4.79 Å². The van der Waals surface area contributed by atoms with Crippen molar-refractivity contribution in [2.75, 3.05) is 73.7 Å². The van der Waals surface area contributed by atoms with Gasteiger partial charge in [-0.2, -0.15) is 0 Å². The zero-order valence-corrected chi connectivity index (χ0v) is 24.5. The fraction of sp³-hybridized carbons (Fsp3) is 0.533. The van der Waals surface area contributed by atoms with Gasteiger partial charge >= 0.3 is 6.09 Å². The number of ether oxygens (including phenoxy) is 4. The molecule has 1 aliphatic carbocycles. The predicted molar refractivity (Wildman–Crippen MR) is 154 cm³/mol. The number of likely N-dealkylation sites (N-methyl/N-ethyl adjacent to an activating group) is 1. The van der Waals surface area contributed by atoms with Crippen molar-refractivity contribution in [3.8, 4) is 17.2 Å². The molecule has 9 nitrogen and oxygen atoms in total. The second-order valence-electron chi connectivity index (χ2n) is 10.6. The first-order valence-electron chi connectivity index (χ1n) is 13.8. The van der Waals surface area contributed by atoms with Gasteiger partial charge in [0.25, 0.3) is 0 Å². The number of rotatable bonds is 8. The van der Waals surface area contributed by atoms with Gasteiger partial charge < -0.3 is 33.6 Å². The number of hydrogen-bond donors (Lipinski definition) is 0. The van der Waals surface area contributed by atoms with Crippen LogP contribution in [0.3, 0.4) is 0 Å². The van der Waals surface area contributed by atoms with E-state index in [2.05, 4.69) is 18.0 Å². The van der Waals surface area contributed by atoms with Crippen molar-refractivity contribution in [1.82, 2.24) is 14.7 Å². The first-order valence-corrected chi connectivity index (χ1v) is 13.8. The minimum absolute atomic E-state index is 0. The van der Waals surface area contributed by atoms with Crippen LogP contribution in [-0.4, -0.2) is 100 Å². The SMILES string of the molecule is COc1cc2c(cc1OC)CCN(C(=O)CCN(C)CC1Cc3cc(OC(=O)N4CCOCC4)ccc31)CC2.Cl. The highest BCUT2D eigenvalue weighted by Crippen LogP contribution is 2.38. The fourth-order valence-electron chi connectivity index (χ4n) is 5.75. The maximum atomic E-state index is 13.1. The lowest BCUT2D eigenvalue weighted by Gasteiger charge is -2.34. The van der Waals surface area contributed by atoms with Crippen LogP contribution in [0.5, 0.6) is 17.2 Å². The minimum atomic E-state index is -0.314. The Labute approximate surface area is 242 Å². The van der Waals surface area contributed by atoms with Crippen molar-refractivity contribution in [2.45, 2.75) is 31.6 Å². The molecule has 0 N–H and O–H groups in total. The van der Waals surface area contributed by atoms with Gasteiger partial charge in [0, 0.05) is 51.6 Å². The van der Waals surface area contributed by atoms with Crippen LogP contribution < -0.4 is 14.2 Å². The Kier molecular flexibility index (Phi) is 10.2. The van der Waals surface area contributed by atoms with E-state index in [1.54, 1.807) is 19.1 Å². The van der Waals surface area contributed by atoms with E-state index in [1.165, 1.54) is 22.3 Å². The molecule has 1 fully saturated rings. The normalized spacial score (nSPS) is 18.1. The van der Waals surface area contributed by atoms with Crippen LogP contribution in [0.1, 0.15) is 34.6 Å². The molecule has 0 spiro atoms. The van der Waals surface area contributed by atoms with Crippen LogP contribution in [0.4, 0.5) is 4.79 Å². The van der Waals surface area contributed by atoms with Crippen molar-refractivity contribution in [3.05, 3.63) is 52.6 Å². The van der Waals surface area contributed by atoms with Crippen molar-refractivity contribution in [2.24, 2.45) is 0 Å². The monoisotopic (exact) mass is 573 g/mol. The van der Waals surface area contributed by atoms with E-state index in [9.17, 15) is 9.59 Å². The molecular formula is C30H40ClN3O6. The summed E-state index contributed by atoms with van der Waals surface area (Å²) >= 11 is 0. The molecule has 0 aromatic heterocycles. The number of nitrogens with zero attached hydrogens (tertiary/aromatic N) is 3.